The molecular weight excluding hydrogens is 304 g/mol. The van der Waals surface area contributed by atoms with Crippen molar-refractivity contribution in [1.82, 2.24) is 0 Å². The Balaban J connectivity index is 1.56. The van der Waals surface area contributed by atoms with Gasteiger partial charge in [-0.25, -0.2) is 4.79 Å². The van der Waals surface area contributed by atoms with Gasteiger partial charge < -0.3 is 20.4 Å². The highest BCUT2D eigenvalue weighted by atomic mass is 16.3. The van der Waals surface area contributed by atoms with Gasteiger partial charge in [0.15, 0.2) is 11.6 Å². The standard InChI is InChI=1S/C18H16N4O2/c19-17(16-7-4-12-24-16)20-14-8-10-15(11-9-14)22-18(23)21-13-5-2-1-3-6-13/h1-12H,(H2,19,20)(H2,21,22,23). The van der Waals surface area contributed by atoms with Crippen LogP contribution < -0.4 is 16.0 Å². The number of rotatable bonds is 4. The Hall–Kier alpha value is -3.54. The summed E-state index contributed by atoms with van der Waals surface area (Å²) in [6.07, 6.45) is 1.52. The van der Waals surface area contributed by atoms with Crippen LogP contribution in [0, 0.1) is 5.41 Å². The number of hydrogen-bond donors (Lipinski definition) is 4. The molecule has 3 rings (SSSR count). The fourth-order valence-electron chi connectivity index (χ4n) is 2.08. The molecule has 0 saturated heterocycles. The zero-order valence-electron chi connectivity index (χ0n) is 12.7. The Kier molecular flexibility index (Phi) is 4.57. The van der Waals surface area contributed by atoms with Gasteiger partial charge in [0.25, 0.3) is 0 Å². The molecule has 0 fully saturated rings. The number of urea groups is 1. The van der Waals surface area contributed by atoms with Crippen LogP contribution in [0.1, 0.15) is 5.76 Å². The average Bonchev–Trinajstić information content (AvgIpc) is 3.12. The molecule has 0 saturated carbocycles. The minimum Gasteiger partial charge on any atom is -0.461 e. The number of nitrogens with one attached hydrogen (secondary N) is 4. The maximum atomic E-state index is 11.9. The van der Waals surface area contributed by atoms with Crippen LogP contribution in [0.4, 0.5) is 21.9 Å². The van der Waals surface area contributed by atoms with Crippen LogP contribution >= 0.6 is 0 Å². The van der Waals surface area contributed by atoms with E-state index in [2.05, 4.69) is 16.0 Å². The molecule has 0 spiro atoms. The molecule has 24 heavy (non-hydrogen) atoms. The number of amidine groups is 1. The lowest BCUT2D eigenvalue weighted by molar-refractivity contribution is 0.262. The SMILES string of the molecule is N=C(Nc1ccc(NC(=O)Nc2ccccc2)cc1)c1ccco1. The van der Waals surface area contributed by atoms with Crippen molar-refractivity contribution in [2.75, 3.05) is 16.0 Å². The first-order chi connectivity index (χ1) is 11.7. The second-order valence-electron chi connectivity index (χ2n) is 5.00. The largest absolute Gasteiger partial charge is 0.461 e. The molecule has 0 atom stereocenters. The highest BCUT2D eigenvalue weighted by Gasteiger charge is 2.05. The monoisotopic (exact) mass is 320 g/mol. The molecule has 6 heteroatoms. The molecule has 0 aliphatic rings. The van der Waals surface area contributed by atoms with Crippen LogP contribution in [0.25, 0.3) is 0 Å². The fraction of sp³-hybridized carbons (Fsp3) is 0. The highest BCUT2D eigenvalue weighted by Crippen LogP contribution is 2.15. The smallest absolute Gasteiger partial charge is 0.323 e. The normalized spacial score (nSPS) is 10.0. The number of carbonyl (C=O) groups excluding carboxylic acids is 1. The summed E-state index contributed by atoms with van der Waals surface area (Å²) in [5.41, 5.74) is 2.10. The van der Waals surface area contributed by atoms with Gasteiger partial charge in [0.05, 0.1) is 6.26 Å². The number of carbonyl (C=O) groups is 1. The van der Waals surface area contributed by atoms with Crippen LogP contribution in [0.15, 0.2) is 77.4 Å². The first-order valence-corrected chi connectivity index (χ1v) is 7.33. The molecule has 6 nitrogen and oxygen atoms in total. The van der Waals surface area contributed by atoms with Gasteiger partial charge in [-0.2, -0.15) is 0 Å². The minimum absolute atomic E-state index is 0.169. The first-order valence-electron chi connectivity index (χ1n) is 7.33. The van der Waals surface area contributed by atoms with E-state index in [0.29, 0.717) is 11.4 Å². The quantitative estimate of drug-likeness (QED) is 0.425. The van der Waals surface area contributed by atoms with Crippen molar-refractivity contribution in [3.05, 3.63) is 78.8 Å². The Morgan fingerprint density at radius 2 is 1.33 bits per heavy atom. The van der Waals surface area contributed by atoms with Crippen LogP contribution in [0.5, 0.6) is 0 Å². The molecule has 0 aliphatic heterocycles. The van der Waals surface area contributed by atoms with Gasteiger partial charge in [0, 0.05) is 17.1 Å². The molecule has 0 radical (unpaired) electrons. The third kappa shape index (κ3) is 4.01. The van der Waals surface area contributed by atoms with Crippen LogP contribution in [0.2, 0.25) is 0 Å². The number of hydrogen-bond acceptors (Lipinski definition) is 3. The van der Waals surface area contributed by atoms with E-state index in [4.69, 9.17) is 9.83 Å². The summed E-state index contributed by atoms with van der Waals surface area (Å²) in [6, 6.07) is 19.4. The van der Waals surface area contributed by atoms with Gasteiger partial charge in [-0.05, 0) is 48.5 Å². The zero-order chi connectivity index (χ0) is 16.8. The van der Waals surface area contributed by atoms with Gasteiger partial charge in [-0.1, -0.05) is 18.2 Å². The summed E-state index contributed by atoms with van der Waals surface area (Å²) in [5.74, 6) is 0.627. The summed E-state index contributed by atoms with van der Waals surface area (Å²) in [4.78, 5) is 11.9. The molecule has 120 valence electrons. The average molecular weight is 320 g/mol. The van der Waals surface area contributed by atoms with Crippen molar-refractivity contribution in [2.24, 2.45) is 0 Å². The van der Waals surface area contributed by atoms with Crippen molar-refractivity contribution in [3.63, 3.8) is 0 Å². The first kappa shape index (κ1) is 15.4. The molecule has 1 aromatic heterocycles. The molecular formula is C18H16N4O2. The topological polar surface area (TPSA) is 90.2 Å². The summed E-state index contributed by atoms with van der Waals surface area (Å²) in [7, 11) is 0. The maximum Gasteiger partial charge on any atom is 0.323 e. The van der Waals surface area contributed by atoms with Gasteiger partial charge in [-0.3, -0.25) is 5.41 Å². The van der Waals surface area contributed by atoms with Gasteiger partial charge in [0.1, 0.15) is 0 Å². The summed E-state index contributed by atoms with van der Waals surface area (Å²) in [6.45, 7) is 0. The lowest BCUT2D eigenvalue weighted by Crippen LogP contribution is -2.19. The van der Waals surface area contributed by atoms with Crippen molar-refractivity contribution < 1.29 is 9.21 Å². The summed E-state index contributed by atoms with van der Waals surface area (Å²) in [5, 5.41) is 16.3. The number of para-hydroxylation sites is 1. The predicted octanol–water partition coefficient (Wildman–Crippen LogP) is 4.36. The summed E-state index contributed by atoms with van der Waals surface area (Å²) < 4.78 is 5.15. The molecule has 2 amide bonds. The van der Waals surface area contributed by atoms with Crippen LogP contribution in [-0.2, 0) is 0 Å². The van der Waals surface area contributed by atoms with Crippen molar-refractivity contribution in [3.8, 4) is 0 Å². The fourth-order valence-corrected chi connectivity index (χ4v) is 2.08. The zero-order valence-corrected chi connectivity index (χ0v) is 12.7. The van der Waals surface area contributed by atoms with E-state index in [1.54, 1.807) is 36.4 Å². The maximum absolute atomic E-state index is 11.9. The van der Waals surface area contributed by atoms with Crippen LogP contribution in [0.3, 0.4) is 0 Å². The third-order valence-corrected chi connectivity index (χ3v) is 3.21. The van der Waals surface area contributed by atoms with E-state index in [0.717, 1.165) is 11.4 Å². The lowest BCUT2D eigenvalue weighted by atomic mass is 10.2. The molecule has 1 heterocycles. The number of anilines is 3. The molecule has 0 aliphatic carbocycles. The Morgan fingerprint density at radius 1 is 0.750 bits per heavy atom. The van der Waals surface area contributed by atoms with Gasteiger partial charge in [0.2, 0.25) is 0 Å². The second-order valence-corrected chi connectivity index (χ2v) is 5.00. The van der Waals surface area contributed by atoms with E-state index in [-0.39, 0.29) is 11.9 Å². The second kappa shape index (κ2) is 7.15. The van der Waals surface area contributed by atoms with Crippen molar-refractivity contribution in [1.29, 1.82) is 5.41 Å². The molecule has 4 N–H and O–H groups in total. The van der Waals surface area contributed by atoms with Crippen molar-refractivity contribution >= 4 is 28.9 Å². The molecule has 0 bridgehead atoms. The third-order valence-electron chi connectivity index (χ3n) is 3.21. The Morgan fingerprint density at radius 3 is 1.92 bits per heavy atom. The lowest BCUT2D eigenvalue weighted by Gasteiger charge is -2.09. The highest BCUT2D eigenvalue weighted by molar-refractivity contribution is 6.04. The van der Waals surface area contributed by atoms with E-state index < -0.39 is 0 Å². The van der Waals surface area contributed by atoms with Gasteiger partial charge >= 0.3 is 6.03 Å². The number of benzene rings is 2. The van der Waals surface area contributed by atoms with E-state index in [1.807, 2.05) is 30.3 Å². The molecule has 3 aromatic rings. The Labute approximate surface area is 139 Å². The molecule has 2 aromatic carbocycles. The predicted molar refractivity (Wildman–Crippen MR) is 94.7 cm³/mol. The van der Waals surface area contributed by atoms with E-state index in [9.17, 15) is 4.79 Å². The van der Waals surface area contributed by atoms with E-state index >= 15 is 0 Å². The Bertz CT molecular complexity index is 812. The van der Waals surface area contributed by atoms with Crippen LogP contribution in [-0.4, -0.2) is 11.9 Å². The minimum atomic E-state index is -0.315. The summed E-state index contributed by atoms with van der Waals surface area (Å²) >= 11 is 0. The van der Waals surface area contributed by atoms with Crippen molar-refractivity contribution in [2.45, 2.75) is 0 Å². The number of amides is 2. The molecule has 0 unspecified atom stereocenters. The number of furan rings is 1. The van der Waals surface area contributed by atoms with E-state index in [1.165, 1.54) is 6.26 Å². The van der Waals surface area contributed by atoms with Gasteiger partial charge in [-0.15, -0.1) is 0 Å².